The molecule has 3 heterocycles. The van der Waals surface area contributed by atoms with E-state index in [1.54, 1.807) is 22.8 Å². The van der Waals surface area contributed by atoms with E-state index in [-0.39, 0.29) is 6.61 Å². The summed E-state index contributed by atoms with van der Waals surface area (Å²) in [5.74, 6) is -0.144. The van der Waals surface area contributed by atoms with Crippen LogP contribution in [0.5, 0.6) is 0 Å². The minimum Gasteiger partial charge on any atom is -0.454 e. The van der Waals surface area contributed by atoms with Crippen LogP contribution in [0, 0.1) is 0 Å². The first kappa shape index (κ1) is 26.4. The van der Waals surface area contributed by atoms with Gasteiger partial charge in [0.1, 0.15) is 12.4 Å². The number of pyridine rings is 1. The third-order valence-corrected chi connectivity index (χ3v) is 6.81. The van der Waals surface area contributed by atoms with Gasteiger partial charge in [-0.3, -0.25) is 14.3 Å². The summed E-state index contributed by atoms with van der Waals surface area (Å²) in [6, 6.07) is 16.3. The van der Waals surface area contributed by atoms with Crippen LogP contribution >= 0.6 is 11.6 Å². The molecule has 1 N–H and O–H groups in total. The lowest BCUT2D eigenvalue weighted by Crippen LogP contribution is -2.31. The molecule has 3 aromatic heterocycles. The van der Waals surface area contributed by atoms with Crippen LogP contribution in [-0.4, -0.2) is 30.1 Å². The Balaban J connectivity index is 1.53. The molecule has 2 aromatic carbocycles. The van der Waals surface area contributed by atoms with E-state index in [1.165, 1.54) is 4.57 Å². The van der Waals surface area contributed by atoms with Crippen molar-refractivity contribution < 1.29 is 9.53 Å². The van der Waals surface area contributed by atoms with E-state index in [0.29, 0.717) is 57.3 Å². The van der Waals surface area contributed by atoms with Crippen LogP contribution in [0.2, 0.25) is 5.02 Å². The van der Waals surface area contributed by atoms with Crippen LogP contribution in [-0.2, 0) is 24.4 Å². The highest BCUT2D eigenvalue weighted by Crippen LogP contribution is 2.27. The second kappa shape index (κ2) is 11.2. The molecule has 0 atom stereocenters. The van der Waals surface area contributed by atoms with Crippen molar-refractivity contribution >= 4 is 39.6 Å². The number of halogens is 1. The van der Waals surface area contributed by atoms with Crippen molar-refractivity contribution in [3.63, 3.8) is 0 Å². The van der Waals surface area contributed by atoms with Crippen LogP contribution in [0.1, 0.15) is 49.3 Å². The fraction of sp³-hybridized carbons (Fsp3) is 0.276. The normalized spacial score (nSPS) is 11.4. The Bertz CT molecular complexity index is 1790. The van der Waals surface area contributed by atoms with E-state index >= 15 is 0 Å². The molecule has 0 unspecified atom stereocenters. The average molecular weight is 546 g/mol. The molecule has 5 aromatic rings. The number of benzene rings is 2. The number of aromatic nitrogens is 5. The number of fused-ring (bicyclic) bond motifs is 2. The van der Waals surface area contributed by atoms with Gasteiger partial charge in [-0.25, -0.2) is 19.6 Å². The molecule has 0 spiro atoms. The van der Waals surface area contributed by atoms with Crippen molar-refractivity contribution in [2.45, 2.75) is 52.8 Å². The molecule has 5 rings (SSSR count). The van der Waals surface area contributed by atoms with Gasteiger partial charge in [-0.05, 0) is 37.1 Å². The number of para-hydroxylation sites is 1. The van der Waals surface area contributed by atoms with Crippen molar-refractivity contribution in [1.29, 1.82) is 0 Å². The SMILES string of the molecule is CCCCn1c(=O)[nH]c(=O)c2c1nc(COC(=O)c1cc(-c3ccc(Cl)cc3)nc3ccccc13)n2CCC. The molecule has 0 aliphatic heterocycles. The van der Waals surface area contributed by atoms with Crippen molar-refractivity contribution in [1.82, 2.24) is 24.1 Å². The number of rotatable bonds is 9. The van der Waals surface area contributed by atoms with Gasteiger partial charge in [0.15, 0.2) is 11.2 Å². The van der Waals surface area contributed by atoms with Gasteiger partial charge in [-0.15, -0.1) is 0 Å². The summed E-state index contributed by atoms with van der Waals surface area (Å²) < 4.78 is 8.98. The number of carbonyl (C=O) groups is 1. The molecular formula is C29H28ClN5O4. The summed E-state index contributed by atoms with van der Waals surface area (Å²) >= 11 is 6.05. The number of nitrogens with zero attached hydrogens (tertiary/aromatic N) is 4. The molecule has 0 radical (unpaired) electrons. The number of nitrogens with one attached hydrogen (secondary N) is 1. The number of hydrogen-bond donors (Lipinski definition) is 1. The molecule has 0 bridgehead atoms. The Morgan fingerprint density at radius 3 is 2.49 bits per heavy atom. The quantitative estimate of drug-likeness (QED) is 0.251. The van der Waals surface area contributed by atoms with E-state index in [0.717, 1.165) is 24.8 Å². The molecule has 0 amide bonds. The van der Waals surface area contributed by atoms with Crippen LogP contribution < -0.4 is 11.2 Å². The molecule has 10 heteroatoms. The molecule has 200 valence electrons. The van der Waals surface area contributed by atoms with Crippen molar-refractivity contribution in [3.8, 4) is 11.3 Å². The number of aromatic amines is 1. The molecular weight excluding hydrogens is 518 g/mol. The molecule has 0 saturated carbocycles. The van der Waals surface area contributed by atoms with Crippen LogP contribution in [0.25, 0.3) is 33.3 Å². The van der Waals surface area contributed by atoms with Gasteiger partial charge in [0, 0.05) is 29.1 Å². The van der Waals surface area contributed by atoms with Gasteiger partial charge in [0.2, 0.25) is 0 Å². The molecule has 0 aliphatic carbocycles. The number of hydrogen-bond acceptors (Lipinski definition) is 6. The Morgan fingerprint density at radius 2 is 1.74 bits per heavy atom. The highest BCUT2D eigenvalue weighted by molar-refractivity contribution is 6.30. The summed E-state index contributed by atoms with van der Waals surface area (Å²) in [6.07, 6.45) is 2.36. The van der Waals surface area contributed by atoms with E-state index in [1.807, 2.05) is 50.2 Å². The number of unbranched alkanes of at least 4 members (excludes halogenated alkanes) is 1. The lowest BCUT2D eigenvalue weighted by Gasteiger charge is -2.11. The fourth-order valence-corrected chi connectivity index (χ4v) is 4.76. The fourth-order valence-electron chi connectivity index (χ4n) is 4.64. The summed E-state index contributed by atoms with van der Waals surface area (Å²) in [5, 5.41) is 1.26. The van der Waals surface area contributed by atoms with Gasteiger partial charge in [-0.2, -0.15) is 0 Å². The van der Waals surface area contributed by atoms with Crippen molar-refractivity contribution in [3.05, 3.63) is 91.8 Å². The van der Waals surface area contributed by atoms with Crippen molar-refractivity contribution in [2.75, 3.05) is 0 Å². The Kier molecular flexibility index (Phi) is 7.60. The first-order valence-electron chi connectivity index (χ1n) is 13.0. The highest BCUT2D eigenvalue weighted by atomic mass is 35.5. The molecule has 0 saturated heterocycles. The van der Waals surface area contributed by atoms with Crippen LogP contribution in [0.3, 0.4) is 0 Å². The monoisotopic (exact) mass is 545 g/mol. The minimum atomic E-state index is -0.545. The van der Waals surface area contributed by atoms with Gasteiger partial charge in [0.05, 0.1) is 16.8 Å². The smallest absolute Gasteiger partial charge is 0.339 e. The topological polar surface area (TPSA) is 112 Å². The summed E-state index contributed by atoms with van der Waals surface area (Å²) in [6.45, 7) is 4.75. The molecule has 39 heavy (non-hydrogen) atoms. The number of H-pyrrole nitrogens is 1. The second-order valence-electron chi connectivity index (χ2n) is 9.27. The maximum Gasteiger partial charge on any atom is 0.339 e. The number of carbonyl (C=O) groups excluding carboxylic acids is 1. The summed E-state index contributed by atoms with van der Waals surface area (Å²) in [7, 11) is 0. The summed E-state index contributed by atoms with van der Waals surface area (Å²) in [5.41, 5.74) is 2.05. The minimum absolute atomic E-state index is 0.165. The maximum atomic E-state index is 13.5. The van der Waals surface area contributed by atoms with Gasteiger partial charge in [-0.1, -0.05) is 62.2 Å². The lowest BCUT2D eigenvalue weighted by atomic mass is 10.0. The highest BCUT2D eigenvalue weighted by Gasteiger charge is 2.21. The number of imidazole rings is 1. The molecule has 0 aliphatic rings. The number of ether oxygens (including phenoxy) is 1. The largest absolute Gasteiger partial charge is 0.454 e. The average Bonchev–Trinajstić information content (AvgIpc) is 3.30. The van der Waals surface area contributed by atoms with Gasteiger partial charge in [0.25, 0.3) is 5.56 Å². The summed E-state index contributed by atoms with van der Waals surface area (Å²) in [4.78, 5) is 50.5. The maximum absolute atomic E-state index is 13.5. The lowest BCUT2D eigenvalue weighted by molar-refractivity contribution is 0.0461. The third-order valence-electron chi connectivity index (χ3n) is 6.56. The molecule has 9 nitrogen and oxygen atoms in total. The molecule has 0 fully saturated rings. The second-order valence-corrected chi connectivity index (χ2v) is 9.71. The Morgan fingerprint density at radius 1 is 0.974 bits per heavy atom. The zero-order valence-electron chi connectivity index (χ0n) is 21.7. The Hall–Kier alpha value is -4.24. The van der Waals surface area contributed by atoms with E-state index in [4.69, 9.17) is 21.3 Å². The first-order chi connectivity index (χ1) is 18.9. The van der Waals surface area contributed by atoms with Crippen molar-refractivity contribution in [2.24, 2.45) is 0 Å². The standard InChI is InChI=1S/C29H28ClN5O4/c1-3-5-15-35-26-25(27(36)33-29(35)38)34(14-4-2)24(32-26)17-39-28(37)21-16-23(18-10-12-19(30)13-11-18)31-22-9-7-6-8-20(21)22/h6-13,16H,3-5,14-15,17H2,1-2H3,(H,33,36,38). The predicted molar refractivity (Wildman–Crippen MR) is 151 cm³/mol. The number of aryl methyl sites for hydroxylation is 2. The third kappa shape index (κ3) is 5.22. The van der Waals surface area contributed by atoms with Gasteiger partial charge >= 0.3 is 11.7 Å². The van der Waals surface area contributed by atoms with Crippen LogP contribution in [0.15, 0.2) is 64.2 Å². The van der Waals surface area contributed by atoms with Crippen LogP contribution in [0.4, 0.5) is 0 Å². The zero-order chi connectivity index (χ0) is 27.5. The number of esters is 1. The van der Waals surface area contributed by atoms with E-state index in [2.05, 4.69) is 9.97 Å². The van der Waals surface area contributed by atoms with Gasteiger partial charge < -0.3 is 9.30 Å². The zero-order valence-corrected chi connectivity index (χ0v) is 22.5. The first-order valence-corrected chi connectivity index (χ1v) is 13.3. The van der Waals surface area contributed by atoms with E-state index < -0.39 is 17.2 Å². The predicted octanol–water partition coefficient (Wildman–Crippen LogP) is 5.32. The van der Waals surface area contributed by atoms with E-state index in [9.17, 15) is 14.4 Å². The Labute approximate surface area is 229 Å².